The van der Waals surface area contributed by atoms with Crippen molar-refractivity contribution >= 4 is 29.1 Å². The first-order chi connectivity index (χ1) is 12.8. The maximum atomic E-state index is 12.8. The Morgan fingerprint density at radius 1 is 1.26 bits per heavy atom. The van der Waals surface area contributed by atoms with E-state index in [0.717, 1.165) is 0 Å². The minimum atomic E-state index is -0.459. The number of anilines is 1. The molecule has 0 saturated carbocycles. The molecule has 2 heterocycles. The van der Waals surface area contributed by atoms with Crippen molar-refractivity contribution in [1.82, 2.24) is 9.97 Å². The Kier molecular flexibility index (Phi) is 5.36. The van der Waals surface area contributed by atoms with E-state index >= 15 is 0 Å². The van der Waals surface area contributed by atoms with Crippen LogP contribution in [0.15, 0.2) is 34.2 Å². The summed E-state index contributed by atoms with van der Waals surface area (Å²) in [7, 11) is 1.65. The summed E-state index contributed by atoms with van der Waals surface area (Å²) in [6.45, 7) is 5.67. The summed E-state index contributed by atoms with van der Waals surface area (Å²) in [5.41, 5.74) is 1.50. The normalized spacial score (nSPS) is 14.7. The molecule has 1 atom stereocenters. The van der Waals surface area contributed by atoms with E-state index in [-0.39, 0.29) is 29.8 Å². The number of hydrogen-bond acceptors (Lipinski definition) is 6. The van der Waals surface area contributed by atoms with Crippen LogP contribution in [0, 0.1) is 0 Å². The lowest BCUT2D eigenvalue weighted by Gasteiger charge is -2.26. The molecule has 142 valence electrons. The van der Waals surface area contributed by atoms with Crippen LogP contribution < -0.4 is 15.2 Å². The molecule has 0 bridgehead atoms. The number of amides is 1. The molecule has 0 radical (unpaired) electrons. The molecule has 0 aliphatic carbocycles. The minimum Gasteiger partial charge on any atom is -0.482 e. The van der Waals surface area contributed by atoms with Gasteiger partial charge in [-0.15, -0.1) is 0 Å². The molecule has 7 nitrogen and oxygen atoms in total. The Morgan fingerprint density at radius 2 is 2.00 bits per heavy atom. The van der Waals surface area contributed by atoms with E-state index in [4.69, 9.17) is 4.74 Å². The first-order valence-electron chi connectivity index (χ1n) is 8.61. The third-order valence-corrected chi connectivity index (χ3v) is 5.30. The highest BCUT2D eigenvalue weighted by Gasteiger charge is 2.25. The predicted molar refractivity (Wildman–Crippen MR) is 104 cm³/mol. The monoisotopic (exact) mass is 387 g/mol. The molecule has 1 aromatic heterocycles. The van der Waals surface area contributed by atoms with E-state index in [2.05, 4.69) is 9.97 Å². The maximum absolute atomic E-state index is 12.8. The number of carbonyl (C=O) groups is 2. The van der Waals surface area contributed by atoms with Crippen LogP contribution in [-0.4, -0.2) is 40.6 Å². The predicted octanol–water partition coefficient (Wildman–Crippen LogP) is 2.61. The lowest BCUT2D eigenvalue weighted by molar-refractivity contribution is -0.120. The molecule has 3 rings (SSSR count). The number of benzene rings is 1. The zero-order valence-electron chi connectivity index (χ0n) is 15.6. The van der Waals surface area contributed by atoms with Gasteiger partial charge in [-0.2, -0.15) is 0 Å². The van der Waals surface area contributed by atoms with Crippen LogP contribution in [0.4, 0.5) is 5.69 Å². The lowest BCUT2D eigenvalue weighted by Crippen LogP contribution is -2.35. The molecule has 1 N–H and O–H groups in total. The summed E-state index contributed by atoms with van der Waals surface area (Å²) in [4.78, 5) is 45.0. The summed E-state index contributed by atoms with van der Waals surface area (Å²) in [6, 6.07) is 6.51. The van der Waals surface area contributed by atoms with Gasteiger partial charge in [-0.1, -0.05) is 25.6 Å². The van der Waals surface area contributed by atoms with Crippen LogP contribution in [0.3, 0.4) is 0 Å². The number of aromatic amines is 1. The molecule has 1 aliphatic heterocycles. The Balaban J connectivity index is 1.82. The van der Waals surface area contributed by atoms with Gasteiger partial charge in [-0.05, 0) is 31.0 Å². The second kappa shape index (κ2) is 7.56. The number of ether oxygens (including phenoxy) is 1. The molecule has 1 amide bonds. The van der Waals surface area contributed by atoms with Crippen LogP contribution >= 0.6 is 11.8 Å². The molecule has 1 aliphatic rings. The summed E-state index contributed by atoms with van der Waals surface area (Å²) in [6.07, 6.45) is 0. The zero-order chi connectivity index (χ0) is 19.7. The van der Waals surface area contributed by atoms with Gasteiger partial charge in [-0.25, -0.2) is 4.98 Å². The number of likely N-dealkylation sites (N-methyl/N-ethyl adjacent to an activating group) is 1. The van der Waals surface area contributed by atoms with E-state index in [0.29, 0.717) is 27.9 Å². The number of Topliss-reactive ketones (excluding diaryl/α,β-unsaturated/α-hetero) is 1. The minimum absolute atomic E-state index is 0.00568. The third kappa shape index (κ3) is 4.05. The van der Waals surface area contributed by atoms with Gasteiger partial charge in [0.05, 0.1) is 16.6 Å². The molecular formula is C19H21N3O4S. The number of thioether (sulfide) groups is 1. The van der Waals surface area contributed by atoms with Crippen molar-refractivity contribution in [2.45, 2.75) is 37.1 Å². The van der Waals surface area contributed by atoms with Crippen molar-refractivity contribution in [1.29, 1.82) is 0 Å². The third-order valence-electron chi connectivity index (χ3n) is 4.32. The molecule has 0 spiro atoms. The van der Waals surface area contributed by atoms with Crippen LogP contribution in [0.25, 0.3) is 0 Å². The van der Waals surface area contributed by atoms with Crippen LogP contribution in [0.1, 0.15) is 42.7 Å². The molecular weight excluding hydrogens is 366 g/mol. The highest BCUT2D eigenvalue weighted by molar-refractivity contribution is 8.00. The molecule has 27 heavy (non-hydrogen) atoms. The fraction of sp³-hybridized carbons (Fsp3) is 0.368. The second-order valence-corrected chi connectivity index (χ2v) is 8.01. The van der Waals surface area contributed by atoms with Gasteiger partial charge in [0.15, 0.2) is 17.5 Å². The average Bonchev–Trinajstić information content (AvgIpc) is 2.63. The quantitative estimate of drug-likeness (QED) is 0.482. The number of nitrogens with zero attached hydrogens (tertiary/aromatic N) is 2. The van der Waals surface area contributed by atoms with Crippen molar-refractivity contribution in [2.24, 2.45) is 0 Å². The first kappa shape index (κ1) is 19.2. The zero-order valence-corrected chi connectivity index (χ0v) is 16.4. The topological polar surface area (TPSA) is 92.4 Å². The van der Waals surface area contributed by atoms with Crippen LogP contribution in [0.5, 0.6) is 5.75 Å². The standard InChI is InChI=1S/C19H21N3O4S/c1-10(2)13-8-16(23)21-19(20-13)27-11(3)18(25)12-5-6-15-14(7-12)22(4)17(24)9-26-15/h5-8,10-11H,9H2,1-4H3,(H,20,21,23). The van der Waals surface area contributed by atoms with E-state index in [1.54, 1.807) is 32.2 Å². The molecule has 8 heteroatoms. The van der Waals surface area contributed by atoms with Gasteiger partial charge in [0.1, 0.15) is 5.75 Å². The summed E-state index contributed by atoms with van der Waals surface area (Å²) >= 11 is 1.20. The largest absolute Gasteiger partial charge is 0.482 e. The van der Waals surface area contributed by atoms with Gasteiger partial charge < -0.3 is 14.6 Å². The molecule has 0 saturated heterocycles. The Hall–Kier alpha value is -2.61. The summed E-state index contributed by atoms with van der Waals surface area (Å²) in [5.74, 6) is 0.407. The Morgan fingerprint density at radius 3 is 2.70 bits per heavy atom. The number of aromatic nitrogens is 2. The van der Waals surface area contributed by atoms with Crippen molar-refractivity contribution in [2.75, 3.05) is 18.6 Å². The molecule has 0 fully saturated rings. The van der Waals surface area contributed by atoms with Gasteiger partial charge in [-0.3, -0.25) is 14.4 Å². The number of rotatable bonds is 5. The number of carbonyl (C=O) groups excluding carboxylic acids is 2. The van der Waals surface area contributed by atoms with Crippen molar-refractivity contribution in [3.63, 3.8) is 0 Å². The summed E-state index contributed by atoms with van der Waals surface area (Å²) in [5, 5.41) is -0.0419. The summed E-state index contributed by atoms with van der Waals surface area (Å²) < 4.78 is 5.39. The van der Waals surface area contributed by atoms with Gasteiger partial charge >= 0.3 is 0 Å². The molecule has 1 aromatic carbocycles. The van der Waals surface area contributed by atoms with E-state index < -0.39 is 5.25 Å². The van der Waals surface area contributed by atoms with Gasteiger partial charge in [0.2, 0.25) is 0 Å². The average molecular weight is 387 g/mol. The van der Waals surface area contributed by atoms with Crippen molar-refractivity contribution in [3.8, 4) is 5.75 Å². The highest BCUT2D eigenvalue weighted by Crippen LogP contribution is 2.33. The van der Waals surface area contributed by atoms with E-state index in [1.807, 2.05) is 13.8 Å². The van der Waals surface area contributed by atoms with E-state index in [9.17, 15) is 14.4 Å². The number of ketones is 1. The Bertz CT molecular complexity index is 954. The number of fused-ring (bicyclic) bond motifs is 1. The first-order valence-corrected chi connectivity index (χ1v) is 9.49. The fourth-order valence-corrected chi connectivity index (χ4v) is 3.58. The van der Waals surface area contributed by atoms with Crippen LogP contribution in [-0.2, 0) is 4.79 Å². The van der Waals surface area contributed by atoms with Crippen LogP contribution in [0.2, 0.25) is 0 Å². The van der Waals surface area contributed by atoms with Crippen molar-refractivity contribution < 1.29 is 14.3 Å². The van der Waals surface area contributed by atoms with Gasteiger partial charge in [0.25, 0.3) is 11.5 Å². The smallest absolute Gasteiger partial charge is 0.264 e. The van der Waals surface area contributed by atoms with E-state index in [1.165, 1.54) is 22.7 Å². The number of H-pyrrole nitrogens is 1. The van der Waals surface area contributed by atoms with Crippen molar-refractivity contribution in [3.05, 3.63) is 45.9 Å². The van der Waals surface area contributed by atoms with Gasteiger partial charge in [0, 0.05) is 18.7 Å². The second-order valence-electron chi connectivity index (χ2n) is 6.68. The number of nitrogens with one attached hydrogen (secondary N) is 1. The molecule has 2 aromatic rings. The molecule has 1 unspecified atom stereocenters. The SMILES string of the molecule is CC(Sc1nc(C(C)C)cc(=O)[nH]1)C(=O)c1ccc2c(c1)N(C)C(=O)CO2. The maximum Gasteiger partial charge on any atom is 0.264 e. The highest BCUT2D eigenvalue weighted by atomic mass is 32.2. The fourth-order valence-electron chi connectivity index (χ4n) is 2.69. The lowest BCUT2D eigenvalue weighted by atomic mass is 10.1. The Labute approximate surface area is 161 Å². The number of hydrogen-bond donors (Lipinski definition) is 1.